The van der Waals surface area contributed by atoms with Gasteiger partial charge in [0.15, 0.2) is 5.82 Å². The molecular formula is C23H20N4O. The molecule has 0 unspecified atom stereocenters. The van der Waals surface area contributed by atoms with Gasteiger partial charge in [-0.15, -0.1) is 0 Å². The fourth-order valence-corrected chi connectivity index (χ4v) is 3.22. The van der Waals surface area contributed by atoms with Crippen molar-refractivity contribution in [2.75, 3.05) is 12.4 Å². The molecule has 0 aliphatic carbocycles. The third-order valence-corrected chi connectivity index (χ3v) is 4.69. The van der Waals surface area contributed by atoms with E-state index in [0.717, 1.165) is 28.1 Å². The van der Waals surface area contributed by atoms with Gasteiger partial charge in [0.2, 0.25) is 0 Å². The molecule has 2 heterocycles. The maximum absolute atomic E-state index is 13.4. The second kappa shape index (κ2) is 7.48. The topological polar surface area (TPSA) is 59.8 Å². The van der Waals surface area contributed by atoms with Crippen LogP contribution in [0.2, 0.25) is 0 Å². The van der Waals surface area contributed by atoms with E-state index in [1.165, 1.54) is 0 Å². The second-order valence-corrected chi connectivity index (χ2v) is 6.51. The molecule has 0 fully saturated rings. The lowest BCUT2D eigenvalue weighted by Gasteiger charge is -2.14. The fraction of sp³-hybridized carbons (Fsp3) is 0.0870. The van der Waals surface area contributed by atoms with E-state index >= 15 is 0 Å². The van der Waals surface area contributed by atoms with Crippen molar-refractivity contribution in [3.63, 3.8) is 0 Å². The Labute approximate surface area is 163 Å². The Kier molecular flexibility index (Phi) is 4.72. The van der Waals surface area contributed by atoms with E-state index < -0.39 is 0 Å². The zero-order valence-electron chi connectivity index (χ0n) is 15.8. The Hall–Kier alpha value is -3.73. The first-order chi connectivity index (χ1) is 13.7. The molecule has 2 aromatic heterocycles. The third-order valence-electron chi connectivity index (χ3n) is 4.69. The smallest absolute Gasteiger partial charge is 0.263 e. The Bertz CT molecular complexity index is 1180. The molecule has 4 rings (SSSR count). The van der Waals surface area contributed by atoms with E-state index in [1.54, 1.807) is 29.2 Å². The lowest BCUT2D eigenvalue weighted by Crippen LogP contribution is -2.20. The maximum atomic E-state index is 13.4. The quantitative estimate of drug-likeness (QED) is 0.583. The average Bonchev–Trinajstić information content (AvgIpc) is 2.75. The predicted octanol–water partition coefficient (Wildman–Crippen LogP) is 4.31. The number of aromatic nitrogens is 3. The summed E-state index contributed by atoms with van der Waals surface area (Å²) >= 11 is 0. The highest BCUT2D eigenvalue weighted by molar-refractivity contribution is 5.72. The first-order valence-corrected chi connectivity index (χ1v) is 9.05. The van der Waals surface area contributed by atoms with Crippen LogP contribution >= 0.6 is 0 Å². The van der Waals surface area contributed by atoms with E-state index in [1.807, 2.05) is 68.6 Å². The number of pyridine rings is 1. The highest BCUT2D eigenvalue weighted by Crippen LogP contribution is 2.25. The van der Waals surface area contributed by atoms with E-state index in [2.05, 4.69) is 15.3 Å². The van der Waals surface area contributed by atoms with Gasteiger partial charge in [0.1, 0.15) is 0 Å². The van der Waals surface area contributed by atoms with E-state index in [4.69, 9.17) is 0 Å². The summed E-state index contributed by atoms with van der Waals surface area (Å²) in [5.41, 5.74) is 4.99. The number of hydrogen-bond acceptors (Lipinski definition) is 4. The minimum atomic E-state index is -0.0813. The molecule has 138 valence electrons. The molecule has 0 amide bonds. The Morgan fingerprint density at radius 1 is 0.893 bits per heavy atom. The number of rotatable bonds is 4. The molecule has 0 saturated carbocycles. The van der Waals surface area contributed by atoms with E-state index in [9.17, 15) is 4.79 Å². The van der Waals surface area contributed by atoms with Gasteiger partial charge in [0, 0.05) is 42.5 Å². The maximum Gasteiger partial charge on any atom is 0.263 e. The zero-order valence-corrected chi connectivity index (χ0v) is 15.8. The van der Waals surface area contributed by atoms with Crippen LogP contribution in [0.1, 0.15) is 5.56 Å². The van der Waals surface area contributed by atoms with Crippen LogP contribution in [-0.4, -0.2) is 21.6 Å². The van der Waals surface area contributed by atoms with E-state index in [0.29, 0.717) is 11.4 Å². The molecular weight excluding hydrogens is 348 g/mol. The van der Waals surface area contributed by atoms with Gasteiger partial charge in [-0.25, -0.2) is 9.97 Å². The molecule has 0 saturated heterocycles. The summed E-state index contributed by atoms with van der Waals surface area (Å²) in [6.07, 6.45) is 5.20. The van der Waals surface area contributed by atoms with Crippen LogP contribution in [0.3, 0.4) is 0 Å². The molecule has 2 aromatic carbocycles. The van der Waals surface area contributed by atoms with Gasteiger partial charge in [-0.3, -0.25) is 9.36 Å². The molecule has 28 heavy (non-hydrogen) atoms. The van der Waals surface area contributed by atoms with Crippen molar-refractivity contribution in [2.24, 2.45) is 0 Å². The van der Waals surface area contributed by atoms with Crippen molar-refractivity contribution >= 4 is 5.69 Å². The molecule has 5 heteroatoms. The van der Waals surface area contributed by atoms with Crippen LogP contribution in [0.5, 0.6) is 0 Å². The van der Waals surface area contributed by atoms with Crippen molar-refractivity contribution < 1.29 is 0 Å². The first-order valence-electron chi connectivity index (χ1n) is 9.05. The SMILES string of the molecule is CNc1cccc(-n2cc(-c3ncccn3)cc(-c3ccccc3C)c2=O)c1. The number of hydrogen-bond donors (Lipinski definition) is 1. The highest BCUT2D eigenvalue weighted by Gasteiger charge is 2.14. The van der Waals surface area contributed by atoms with Gasteiger partial charge in [-0.2, -0.15) is 0 Å². The summed E-state index contributed by atoms with van der Waals surface area (Å²) < 4.78 is 1.66. The first kappa shape index (κ1) is 17.7. The Morgan fingerprint density at radius 3 is 2.43 bits per heavy atom. The molecule has 5 nitrogen and oxygen atoms in total. The normalized spacial score (nSPS) is 10.6. The van der Waals surface area contributed by atoms with Gasteiger partial charge < -0.3 is 5.32 Å². The van der Waals surface area contributed by atoms with Gasteiger partial charge in [0.05, 0.1) is 5.69 Å². The summed E-state index contributed by atoms with van der Waals surface area (Å²) in [6.45, 7) is 2.01. The molecule has 0 atom stereocenters. The molecule has 4 aromatic rings. The van der Waals surface area contributed by atoms with Crippen molar-refractivity contribution in [2.45, 2.75) is 6.92 Å². The van der Waals surface area contributed by atoms with Gasteiger partial charge in [0.25, 0.3) is 5.56 Å². The largest absolute Gasteiger partial charge is 0.388 e. The standard InChI is InChI=1S/C23H20N4O/c1-16-7-3-4-10-20(16)21-13-17(22-25-11-6-12-26-22)15-27(23(21)28)19-9-5-8-18(14-19)24-2/h3-15,24H,1-2H3. The summed E-state index contributed by atoms with van der Waals surface area (Å²) in [4.78, 5) is 22.1. The predicted molar refractivity (Wildman–Crippen MR) is 113 cm³/mol. The van der Waals surface area contributed by atoms with Gasteiger partial charge in [-0.1, -0.05) is 30.3 Å². The summed E-state index contributed by atoms with van der Waals surface area (Å²) in [7, 11) is 1.86. The van der Waals surface area contributed by atoms with Crippen LogP contribution in [0.4, 0.5) is 5.69 Å². The molecule has 0 spiro atoms. The molecule has 1 N–H and O–H groups in total. The number of aryl methyl sites for hydroxylation is 1. The number of nitrogens with zero attached hydrogens (tertiary/aromatic N) is 3. The van der Waals surface area contributed by atoms with Gasteiger partial charge in [-0.05, 0) is 48.4 Å². The van der Waals surface area contributed by atoms with Crippen LogP contribution in [-0.2, 0) is 0 Å². The monoisotopic (exact) mass is 368 g/mol. The summed E-state index contributed by atoms with van der Waals surface area (Å²) in [5, 5.41) is 3.12. The lowest BCUT2D eigenvalue weighted by molar-refractivity contribution is 0.989. The summed E-state index contributed by atoms with van der Waals surface area (Å²) in [6, 6.07) is 19.3. The second-order valence-electron chi connectivity index (χ2n) is 6.51. The molecule has 0 bridgehead atoms. The number of benzene rings is 2. The van der Waals surface area contributed by atoms with E-state index in [-0.39, 0.29) is 5.56 Å². The van der Waals surface area contributed by atoms with Crippen LogP contribution in [0.15, 0.2) is 84.0 Å². The Balaban J connectivity index is 2.01. The lowest BCUT2D eigenvalue weighted by atomic mass is 10.00. The summed E-state index contributed by atoms with van der Waals surface area (Å²) in [5.74, 6) is 0.579. The number of nitrogens with one attached hydrogen (secondary N) is 1. The van der Waals surface area contributed by atoms with Crippen molar-refractivity contribution in [1.29, 1.82) is 0 Å². The molecule has 0 aliphatic heterocycles. The van der Waals surface area contributed by atoms with Crippen LogP contribution in [0.25, 0.3) is 28.2 Å². The molecule has 0 radical (unpaired) electrons. The van der Waals surface area contributed by atoms with Crippen molar-refractivity contribution in [3.8, 4) is 28.2 Å². The fourth-order valence-electron chi connectivity index (χ4n) is 3.22. The van der Waals surface area contributed by atoms with Crippen molar-refractivity contribution in [1.82, 2.24) is 14.5 Å². The van der Waals surface area contributed by atoms with Crippen molar-refractivity contribution in [3.05, 3.63) is 95.2 Å². The average molecular weight is 368 g/mol. The van der Waals surface area contributed by atoms with Gasteiger partial charge >= 0.3 is 0 Å². The molecule has 0 aliphatic rings. The highest BCUT2D eigenvalue weighted by atomic mass is 16.1. The number of anilines is 1. The van der Waals surface area contributed by atoms with Crippen LogP contribution in [0, 0.1) is 6.92 Å². The third kappa shape index (κ3) is 3.30. The zero-order chi connectivity index (χ0) is 19.5. The Morgan fingerprint density at radius 2 is 1.68 bits per heavy atom. The minimum absolute atomic E-state index is 0.0813. The minimum Gasteiger partial charge on any atom is -0.388 e. The van der Waals surface area contributed by atoms with Crippen LogP contribution < -0.4 is 10.9 Å².